The molecule has 1 rings (SSSR count). The van der Waals surface area contributed by atoms with Crippen LogP contribution in [0, 0.1) is 0 Å². The van der Waals surface area contributed by atoms with E-state index in [9.17, 15) is 14.4 Å². The largest absolute Gasteiger partial charge is 0.481 e. The number of carbonyl (C=O) groups excluding carboxylic acids is 3. The van der Waals surface area contributed by atoms with Crippen LogP contribution in [0.4, 0.5) is 0 Å². The lowest BCUT2D eigenvalue weighted by atomic mass is 10.1. The number of aliphatic hydroxyl groups is 1. The first kappa shape index (κ1) is 34.3. The van der Waals surface area contributed by atoms with Crippen LogP contribution in [-0.4, -0.2) is 73.1 Å². The molecule has 3 N–H and O–H groups in total. The molecule has 0 aliphatic carbocycles. The molecule has 1 fully saturated rings. The highest BCUT2D eigenvalue weighted by Crippen LogP contribution is 2.16. The summed E-state index contributed by atoms with van der Waals surface area (Å²) < 4.78 is 14.7. The van der Waals surface area contributed by atoms with Crippen molar-refractivity contribution >= 4 is 24.3 Å². The van der Waals surface area contributed by atoms with Crippen molar-refractivity contribution in [3.05, 3.63) is 0 Å². The molecule has 0 spiro atoms. The molecule has 1 heterocycles. The topological polar surface area (TPSA) is 148 Å². The number of carboxylic acid groups (broad SMARTS) is 1. The molecule has 1 aliphatic heterocycles. The molecule has 0 aromatic heterocycles. The number of carbonyl (C=O) groups is 4. The van der Waals surface area contributed by atoms with Crippen LogP contribution >= 0.6 is 0 Å². The summed E-state index contributed by atoms with van der Waals surface area (Å²) in [6.45, 7) is 13.0. The van der Waals surface area contributed by atoms with Gasteiger partial charge in [-0.05, 0) is 6.92 Å². The first-order chi connectivity index (χ1) is 13.8. The molecule has 174 valence electrons. The van der Waals surface area contributed by atoms with Crippen molar-refractivity contribution in [2.45, 2.75) is 73.5 Å². The minimum atomic E-state index is -0.833. The summed E-state index contributed by atoms with van der Waals surface area (Å²) >= 11 is 0. The van der Waals surface area contributed by atoms with E-state index in [4.69, 9.17) is 24.5 Å². The van der Waals surface area contributed by atoms with Gasteiger partial charge in [0.25, 0.3) is 5.97 Å². The third-order valence-electron chi connectivity index (χ3n) is 2.49. The van der Waals surface area contributed by atoms with Crippen LogP contribution in [0.5, 0.6) is 0 Å². The predicted molar refractivity (Wildman–Crippen MR) is 108 cm³/mol. The Hall–Kier alpha value is -2.20. The summed E-state index contributed by atoms with van der Waals surface area (Å²) in [4.78, 5) is 39.5. The first-order valence-electron chi connectivity index (χ1n) is 9.68. The number of hydrogen-bond donors (Lipinski definition) is 3. The number of rotatable bonds is 6. The fourth-order valence-corrected chi connectivity index (χ4v) is 1.65. The molecule has 0 radical (unpaired) electrons. The van der Waals surface area contributed by atoms with Gasteiger partial charge in [-0.2, -0.15) is 0 Å². The van der Waals surface area contributed by atoms with Gasteiger partial charge in [0.1, 0.15) is 12.6 Å². The first-order valence-corrected chi connectivity index (χ1v) is 9.68. The monoisotopic (exact) mass is 425 g/mol. The van der Waals surface area contributed by atoms with Crippen LogP contribution in [0.25, 0.3) is 0 Å². The Morgan fingerprint density at radius 3 is 2.07 bits per heavy atom. The lowest BCUT2D eigenvalue weighted by molar-refractivity contribution is -0.154. The van der Waals surface area contributed by atoms with Crippen LogP contribution < -0.4 is 5.32 Å². The van der Waals surface area contributed by atoms with Crippen molar-refractivity contribution in [2.24, 2.45) is 0 Å². The highest BCUT2D eigenvalue weighted by Gasteiger charge is 2.23. The summed E-state index contributed by atoms with van der Waals surface area (Å²) in [5.41, 5.74) is 0. The minimum absolute atomic E-state index is 0.00222. The molecule has 10 nitrogen and oxygen atoms in total. The summed E-state index contributed by atoms with van der Waals surface area (Å²) in [6.07, 6.45) is 1.56. The van der Waals surface area contributed by atoms with Crippen molar-refractivity contribution in [1.29, 1.82) is 0 Å². The van der Waals surface area contributed by atoms with Gasteiger partial charge in [0.2, 0.25) is 6.41 Å². The van der Waals surface area contributed by atoms with Crippen LogP contribution in [0.15, 0.2) is 0 Å². The van der Waals surface area contributed by atoms with E-state index >= 15 is 0 Å². The predicted octanol–water partition coefficient (Wildman–Crippen LogP) is 1.53. The number of aliphatic carboxylic acids is 1. The molecule has 1 saturated heterocycles. The van der Waals surface area contributed by atoms with Crippen molar-refractivity contribution in [2.75, 3.05) is 26.4 Å². The van der Waals surface area contributed by atoms with E-state index in [0.717, 1.165) is 13.3 Å². The third kappa shape index (κ3) is 33.8. The van der Waals surface area contributed by atoms with Crippen LogP contribution in [0.3, 0.4) is 0 Å². The molecule has 1 aliphatic rings. The van der Waals surface area contributed by atoms with Gasteiger partial charge < -0.3 is 29.7 Å². The normalized spacial score (nSPS) is 16.1. The van der Waals surface area contributed by atoms with Crippen molar-refractivity contribution in [3.8, 4) is 0 Å². The van der Waals surface area contributed by atoms with E-state index in [-0.39, 0.29) is 31.3 Å². The Labute approximate surface area is 173 Å². The van der Waals surface area contributed by atoms with Gasteiger partial charge in [0, 0.05) is 26.7 Å². The Kier molecular flexibility index (Phi) is 33.1. The van der Waals surface area contributed by atoms with Gasteiger partial charge in [-0.15, -0.1) is 0 Å². The van der Waals surface area contributed by atoms with Gasteiger partial charge in [-0.3, -0.25) is 19.2 Å². The van der Waals surface area contributed by atoms with Crippen molar-refractivity contribution < 1.29 is 43.6 Å². The summed E-state index contributed by atoms with van der Waals surface area (Å²) in [5.74, 6) is -1.51. The zero-order valence-corrected chi connectivity index (χ0v) is 18.7. The smallest absolute Gasteiger partial charge is 0.325 e. The number of amides is 1. The molecule has 0 saturated carbocycles. The SMILES string of the molecule is CC.CC.CC(=O)O.CC(=O)OC1CCOC(CO)C1.CCOC(=O)CNC=O. The van der Waals surface area contributed by atoms with E-state index in [1.807, 2.05) is 27.7 Å². The Morgan fingerprint density at radius 1 is 1.17 bits per heavy atom. The number of carboxylic acids is 1. The fraction of sp³-hybridized carbons (Fsp3) is 0.789. The highest BCUT2D eigenvalue weighted by atomic mass is 16.6. The maximum atomic E-state index is 10.6. The Bertz CT molecular complexity index is 399. The lowest BCUT2D eigenvalue weighted by Gasteiger charge is -2.27. The van der Waals surface area contributed by atoms with Gasteiger partial charge >= 0.3 is 11.9 Å². The van der Waals surface area contributed by atoms with Crippen LogP contribution in [0.1, 0.15) is 61.3 Å². The van der Waals surface area contributed by atoms with Gasteiger partial charge in [-0.25, -0.2) is 0 Å². The molecular formula is C19H39NO9. The second-order valence-electron chi connectivity index (χ2n) is 4.75. The van der Waals surface area contributed by atoms with E-state index < -0.39 is 11.9 Å². The Balaban J connectivity index is -0.000000162. The fourth-order valence-electron chi connectivity index (χ4n) is 1.65. The molecule has 2 unspecified atom stereocenters. The van der Waals surface area contributed by atoms with Crippen LogP contribution in [0.2, 0.25) is 0 Å². The zero-order chi connectivity index (χ0) is 23.7. The maximum absolute atomic E-state index is 10.6. The Morgan fingerprint density at radius 2 is 1.69 bits per heavy atom. The van der Waals surface area contributed by atoms with Crippen LogP contribution in [-0.2, 0) is 33.4 Å². The number of ether oxygens (including phenoxy) is 3. The quantitative estimate of drug-likeness (QED) is 0.425. The van der Waals surface area contributed by atoms with Gasteiger partial charge in [-0.1, -0.05) is 27.7 Å². The van der Waals surface area contributed by atoms with E-state index in [2.05, 4.69) is 10.1 Å². The van der Waals surface area contributed by atoms with Crippen molar-refractivity contribution in [3.63, 3.8) is 0 Å². The maximum Gasteiger partial charge on any atom is 0.325 e. The second kappa shape index (κ2) is 28.0. The molecule has 0 bridgehead atoms. The molecule has 0 aromatic carbocycles. The average molecular weight is 426 g/mol. The van der Waals surface area contributed by atoms with E-state index in [0.29, 0.717) is 26.0 Å². The molecule has 0 aromatic rings. The molecule has 1 amide bonds. The van der Waals surface area contributed by atoms with E-state index in [1.54, 1.807) is 6.92 Å². The molecule has 10 heteroatoms. The number of hydrogen-bond acceptors (Lipinski definition) is 8. The standard InChI is InChI=1S/C8H14O4.C5H9NO3.C2H4O2.2C2H6/c1-6(10)12-7-2-3-11-8(4-7)5-9;1-2-9-5(8)3-6-4-7;1-2(3)4;2*1-2/h7-9H,2-5H2,1H3;4H,2-3H2,1H3,(H,6,7);1H3,(H,3,4);2*1-2H3. The number of nitrogens with one attached hydrogen (secondary N) is 1. The molecule has 2 atom stereocenters. The highest BCUT2D eigenvalue weighted by molar-refractivity contribution is 5.73. The third-order valence-corrected chi connectivity index (χ3v) is 2.49. The average Bonchev–Trinajstić information content (AvgIpc) is 2.69. The van der Waals surface area contributed by atoms with Gasteiger partial charge in [0.05, 0.1) is 25.9 Å². The van der Waals surface area contributed by atoms with Crippen molar-refractivity contribution in [1.82, 2.24) is 5.32 Å². The summed E-state index contributed by atoms with van der Waals surface area (Å²) in [6, 6.07) is 0. The van der Waals surface area contributed by atoms with Gasteiger partial charge in [0.15, 0.2) is 0 Å². The summed E-state index contributed by atoms with van der Waals surface area (Å²) in [7, 11) is 0. The molecule has 29 heavy (non-hydrogen) atoms. The number of aliphatic hydroxyl groups excluding tert-OH is 1. The lowest BCUT2D eigenvalue weighted by Crippen LogP contribution is -2.33. The summed E-state index contributed by atoms with van der Waals surface area (Å²) in [5, 5.41) is 18.4. The molecular weight excluding hydrogens is 386 g/mol. The minimum Gasteiger partial charge on any atom is -0.481 e. The zero-order valence-electron chi connectivity index (χ0n) is 18.7. The second-order valence-corrected chi connectivity index (χ2v) is 4.75. The van der Waals surface area contributed by atoms with E-state index in [1.165, 1.54) is 6.92 Å². The number of esters is 2.